The van der Waals surface area contributed by atoms with Crippen molar-refractivity contribution in [2.75, 3.05) is 31.6 Å². The summed E-state index contributed by atoms with van der Waals surface area (Å²) in [6.45, 7) is 4.12. The SMILES string of the molecule is Cc1cccc(C(=O)Nc2cc(C(=O)N3CCOCC3)ccc2Cl)c1. The van der Waals surface area contributed by atoms with E-state index in [9.17, 15) is 9.59 Å². The van der Waals surface area contributed by atoms with E-state index >= 15 is 0 Å². The summed E-state index contributed by atoms with van der Waals surface area (Å²) in [5.74, 6) is -0.354. The van der Waals surface area contributed by atoms with Gasteiger partial charge in [0.1, 0.15) is 0 Å². The largest absolute Gasteiger partial charge is 0.378 e. The predicted octanol–water partition coefficient (Wildman–Crippen LogP) is 3.37. The van der Waals surface area contributed by atoms with E-state index in [1.807, 2.05) is 19.1 Å². The van der Waals surface area contributed by atoms with Crippen molar-refractivity contribution in [1.82, 2.24) is 4.90 Å². The molecule has 1 saturated heterocycles. The molecule has 130 valence electrons. The number of amides is 2. The minimum Gasteiger partial charge on any atom is -0.378 e. The highest BCUT2D eigenvalue weighted by molar-refractivity contribution is 6.34. The Hall–Kier alpha value is -2.37. The molecule has 1 heterocycles. The van der Waals surface area contributed by atoms with Gasteiger partial charge in [-0.3, -0.25) is 9.59 Å². The van der Waals surface area contributed by atoms with Gasteiger partial charge in [0.15, 0.2) is 0 Å². The number of aryl methyl sites for hydroxylation is 1. The topological polar surface area (TPSA) is 58.6 Å². The van der Waals surface area contributed by atoms with Crippen LogP contribution < -0.4 is 5.32 Å². The summed E-state index contributed by atoms with van der Waals surface area (Å²) >= 11 is 6.19. The maximum absolute atomic E-state index is 12.6. The number of rotatable bonds is 3. The normalized spacial score (nSPS) is 14.2. The van der Waals surface area contributed by atoms with Crippen LogP contribution in [-0.4, -0.2) is 43.0 Å². The Morgan fingerprint density at radius 2 is 1.84 bits per heavy atom. The molecule has 0 bridgehead atoms. The molecule has 6 heteroatoms. The van der Waals surface area contributed by atoms with Crippen molar-refractivity contribution >= 4 is 29.1 Å². The first-order chi connectivity index (χ1) is 12.0. The molecule has 0 spiro atoms. The molecule has 0 aromatic heterocycles. The number of benzene rings is 2. The summed E-state index contributed by atoms with van der Waals surface area (Å²) < 4.78 is 5.27. The van der Waals surface area contributed by atoms with Gasteiger partial charge < -0.3 is 15.0 Å². The second-order valence-electron chi connectivity index (χ2n) is 5.92. The van der Waals surface area contributed by atoms with Crippen molar-refractivity contribution in [3.63, 3.8) is 0 Å². The number of carbonyl (C=O) groups excluding carboxylic acids is 2. The fourth-order valence-corrected chi connectivity index (χ4v) is 2.85. The molecule has 0 atom stereocenters. The average molecular weight is 359 g/mol. The lowest BCUT2D eigenvalue weighted by Gasteiger charge is -2.27. The van der Waals surface area contributed by atoms with Gasteiger partial charge in [-0.05, 0) is 37.3 Å². The van der Waals surface area contributed by atoms with Crippen molar-refractivity contribution < 1.29 is 14.3 Å². The first-order valence-corrected chi connectivity index (χ1v) is 8.47. The average Bonchev–Trinajstić information content (AvgIpc) is 2.63. The number of anilines is 1. The van der Waals surface area contributed by atoms with Crippen LogP contribution >= 0.6 is 11.6 Å². The third kappa shape index (κ3) is 4.18. The van der Waals surface area contributed by atoms with E-state index in [4.69, 9.17) is 16.3 Å². The van der Waals surface area contributed by atoms with E-state index in [-0.39, 0.29) is 11.8 Å². The third-order valence-corrected chi connectivity index (χ3v) is 4.37. The predicted molar refractivity (Wildman–Crippen MR) is 97.3 cm³/mol. The zero-order chi connectivity index (χ0) is 17.8. The molecular formula is C19H19ClN2O3. The highest BCUT2D eigenvalue weighted by atomic mass is 35.5. The Kier molecular flexibility index (Phi) is 5.36. The zero-order valence-corrected chi connectivity index (χ0v) is 14.7. The Bertz CT molecular complexity index is 801. The fourth-order valence-electron chi connectivity index (χ4n) is 2.68. The van der Waals surface area contributed by atoms with Gasteiger partial charge in [0.25, 0.3) is 11.8 Å². The van der Waals surface area contributed by atoms with E-state index in [2.05, 4.69) is 5.32 Å². The number of carbonyl (C=O) groups is 2. The van der Waals surface area contributed by atoms with Gasteiger partial charge in [0.2, 0.25) is 0 Å². The van der Waals surface area contributed by atoms with E-state index in [1.165, 1.54) is 0 Å². The van der Waals surface area contributed by atoms with Crippen LogP contribution in [0.4, 0.5) is 5.69 Å². The van der Waals surface area contributed by atoms with E-state index in [0.29, 0.717) is 48.1 Å². The summed E-state index contributed by atoms with van der Waals surface area (Å²) in [4.78, 5) is 26.7. The lowest BCUT2D eigenvalue weighted by atomic mass is 10.1. The number of halogens is 1. The van der Waals surface area contributed by atoms with Gasteiger partial charge in [0.05, 0.1) is 23.9 Å². The lowest BCUT2D eigenvalue weighted by Crippen LogP contribution is -2.40. The molecule has 2 aromatic carbocycles. The molecule has 0 radical (unpaired) electrons. The van der Waals surface area contributed by atoms with Crippen LogP contribution in [0.5, 0.6) is 0 Å². The van der Waals surface area contributed by atoms with Crippen molar-refractivity contribution in [3.05, 3.63) is 64.2 Å². The number of hydrogen-bond donors (Lipinski definition) is 1. The highest BCUT2D eigenvalue weighted by Crippen LogP contribution is 2.25. The minimum atomic E-state index is -0.262. The smallest absolute Gasteiger partial charge is 0.255 e. The maximum atomic E-state index is 12.6. The van der Waals surface area contributed by atoms with Crippen LogP contribution in [0.15, 0.2) is 42.5 Å². The molecule has 2 aromatic rings. The first-order valence-electron chi connectivity index (χ1n) is 8.09. The second-order valence-corrected chi connectivity index (χ2v) is 6.33. The standard InChI is InChI=1S/C19H19ClN2O3/c1-13-3-2-4-14(11-13)18(23)21-17-12-15(5-6-16(17)20)19(24)22-7-9-25-10-8-22/h2-6,11-12H,7-10H2,1H3,(H,21,23). The number of ether oxygens (including phenoxy) is 1. The van der Waals surface area contributed by atoms with Gasteiger partial charge in [0, 0.05) is 24.2 Å². The molecule has 3 rings (SSSR count). The lowest BCUT2D eigenvalue weighted by molar-refractivity contribution is 0.0303. The van der Waals surface area contributed by atoms with Crippen molar-refractivity contribution in [2.24, 2.45) is 0 Å². The summed E-state index contributed by atoms with van der Waals surface area (Å²) in [5, 5.41) is 3.17. The summed E-state index contributed by atoms with van der Waals surface area (Å²) in [6, 6.07) is 12.2. The van der Waals surface area contributed by atoms with E-state index in [1.54, 1.807) is 35.2 Å². The number of nitrogens with zero attached hydrogens (tertiary/aromatic N) is 1. The molecule has 0 aliphatic carbocycles. The second kappa shape index (κ2) is 7.68. The van der Waals surface area contributed by atoms with Crippen LogP contribution in [0.25, 0.3) is 0 Å². The van der Waals surface area contributed by atoms with Crippen LogP contribution in [0.2, 0.25) is 5.02 Å². The van der Waals surface area contributed by atoms with Gasteiger partial charge >= 0.3 is 0 Å². The van der Waals surface area contributed by atoms with Crippen molar-refractivity contribution in [1.29, 1.82) is 0 Å². The van der Waals surface area contributed by atoms with Gasteiger partial charge in [-0.1, -0.05) is 29.3 Å². The molecule has 1 aliphatic rings. The van der Waals surface area contributed by atoms with Gasteiger partial charge in [-0.2, -0.15) is 0 Å². The number of nitrogens with one attached hydrogen (secondary N) is 1. The molecule has 5 nitrogen and oxygen atoms in total. The van der Waals surface area contributed by atoms with E-state index in [0.717, 1.165) is 5.56 Å². The summed E-state index contributed by atoms with van der Waals surface area (Å²) in [6.07, 6.45) is 0. The molecule has 0 saturated carbocycles. The molecule has 2 amide bonds. The molecule has 1 fully saturated rings. The maximum Gasteiger partial charge on any atom is 0.255 e. The molecule has 1 N–H and O–H groups in total. The van der Waals surface area contributed by atoms with Gasteiger partial charge in [-0.15, -0.1) is 0 Å². The first kappa shape index (κ1) is 17.5. The summed E-state index contributed by atoms with van der Waals surface area (Å²) in [7, 11) is 0. The minimum absolute atomic E-state index is 0.0916. The monoisotopic (exact) mass is 358 g/mol. The Morgan fingerprint density at radius 1 is 1.08 bits per heavy atom. The molecule has 0 unspecified atom stereocenters. The van der Waals surface area contributed by atoms with E-state index < -0.39 is 0 Å². The van der Waals surface area contributed by atoms with Crippen LogP contribution in [0.1, 0.15) is 26.3 Å². The number of hydrogen-bond acceptors (Lipinski definition) is 3. The van der Waals surface area contributed by atoms with Crippen LogP contribution in [-0.2, 0) is 4.74 Å². The molecular weight excluding hydrogens is 340 g/mol. The van der Waals surface area contributed by atoms with Gasteiger partial charge in [-0.25, -0.2) is 0 Å². The molecule has 25 heavy (non-hydrogen) atoms. The Labute approximate surface area is 151 Å². The van der Waals surface area contributed by atoms with Crippen LogP contribution in [0, 0.1) is 6.92 Å². The Balaban J connectivity index is 1.79. The fraction of sp³-hybridized carbons (Fsp3) is 0.263. The summed E-state index contributed by atoms with van der Waals surface area (Å²) in [5.41, 5.74) is 2.45. The highest BCUT2D eigenvalue weighted by Gasteiger charge is 2.20. The van der Waals surface area contributed by atoms with Crippen molar-refractivity contribution in [3.8, 4) is 0 Å². The van der Waals surface area contributed by atoms with Crippen LogP contribution in [0.3, 0.4) is 0 Å². The zero-order valence-electron chi connectivity index (χ0n) is 13.9. The van der Waals surface area contributed by atoms with Crippen molar-refractivity contribution in [2.45, 2.75) is 6.92 Å². The third-order valence-electron chi connectivity index (χ3n) is 4.04. The number of morpholine rings is 1. The quantitative estimate of drug-likeness (QED) is 0.915. The Morgan fingerprint density at radius 3 is 2.56 bits per heavy atom. The molecule has 1 aliphatic heterocycles.